The molecule has 2 heterocycles. The van der Waals surface area contributed by atoms with Crippen molar-refractivity contribution in [1.29, 1.82) is 0 Å². The van der Waals surface area contributed by atoms with Crippen molar-refractivity contribution in [3.8, 4) is 0 Å². The first-order valence-corrected chi connectivity index (χ1v) is 7.79. The van der Waals surface area contributed by atoms with Gasteiger partial charge in [0.25, 0.3) is 0 Å². The monoisotopic (exact) mass is 285 g/mol. The molecule has 1 unspecified atom stereocenters. The molecule has 0 saturated carbocycles. The number of rotatable bonds is 5. The van der Waals surface area contributed by atoms with Gasteiger partial charge in [0.05, 0.1) is 17.8 Å². The fourth-order valence-electron chi connectivity index (χ4n) is 2.85. The van der Waals surface area contributed by atoms with Crippen LogP contribution in [0.25, 0.3) is 10.9 Å². The normalized spacial score (nSPS) is 16.6. The fourth-order valence-corrected chi connectivity index (χ4v) is 2.85. The van der Waals surface area contributed by atoms with Crippen molar-refractivity contribution in [3.05, 3.63) is 41.8 Å². The molecule has 0 spiro atoms. The molecule has 3 rings (SSSR count). The molecule has 2 aromatic rings. The van der Waals surface area contributed by atoms with E-state index in [-0.39, 0.29) is 6.04 Å². The summed E-state index contributed by atoms with van der Waals surface area (Å²) in [6.45, 7) is 3.94. The Labute approximate surface area is 125 Å². The minimum absolute atomic E-state index is 0.0522. The summed E-state index contributed by atoms with van der Waals surface area (Å²) in [5, 5.41) is 9.54. The number of allylic oxidation sites excluding steroid dienone is 1. The SMILES string of the molecule is CCCNC(C1=CCCCO1)c1nn(C)c2ccccc12. The summed E-state index contributed by atoms with van der Waals surface area (Å²) in [6.07, 6.45) is 5.49. The first-order valence-electron chi connectivity index (χ1n) is 7.79. The number of nitrogens with one attached hydrogen (secondary N) is 1. The lowest BCUT2D eigenvalue weighted by molar-refractivity contribution is 0.167. The molecular formula is C17H23N3O. The lowest BCUT2D eigenvalue weighted by Gasteiger charge is -2.23. The first kappa shape index (κ1) is 14.1. The van der Waals surface area contributed by atoms with Crippen LogP contribution in [0.1, 0.15) is 37.9 Å². The van der Waals surface area contributed by atoms with Gasteiger partial charge >= 0.3 is 0 Å². The third kappa shape index (κ3) is 2.81. The number of para-hydroxylation sites is 1. The smallest absolute Gasteiger partial charge is 0.115 e. The Morgan fingerprint density at radius 2 is 2.24 bits per heavy atom. The Kier molecular flexibility index (Phi) is 4.25. The third-order valence-corrected chi connectivity index (χ3v) is 3.91. The van der Waals surface area contributed by atoms with Gasteiger partial charge in [-0.25, -0.2) is 0 Å². The number of aromatic nitrogens is 2. The average Bonchev–Trinajstić information content (AvgIpc) is 2.87. The van der Waals surface area contributed by atoms with E-state index in [9.17, 15) is 0 Å². The number of ether oxygens (including phenoxy) is 1. The molecule has 1 N–H and O–H groups in total. The van der Waals surface area contributed by atoms with Crippen LogP contribution < -0.4 is 5.32 Å². The van der Waals surface area contributed by atoms with E-state index in [1.807, 2.05) is 11.7 Å². The standard InChI is InChI=1S/C17H23N3O/c1-3-11-18-17(15-10-6-7-12-21-15)16-13-8-4-5-9-14(13)20(2)19-16/h4-5,8-10,17-18H,3,6-7,11-12H2,1-2H3. The van der Waals surface area contributed by atoms with E-state index in [0.29, 0.717) is 0 Å². The Bertz CT molecular complexity index is 645. The van der Waals surface area contributed by atoms with Gasteiger partial charge < -0.3 is 10.1 Å². The second-order valence-electron chi connectivity index (χ2n) is 5.51. The van der Waals surface area contributed by atoms with Gasteiger partial charge in [-0.15, -0.1) is 0 Å². The molecule has 21 heavy (non-hydrogen) atoms. The summed E-state index contributed by atoms with van der Waals surface area (Å²) in [5.41, 5.74) is 2.22. The van der Waals surface area contributed by atoms with Gasteiger partial charge in [0, 0.05) is 12.4 Å². The minimum Gasteiger partial charge on any atom is -0.496 e. The zero-order chi connectivity index (χ0) is 14.7. The van der Waals surface area contributed by atoms with Crippen molar-refractivity contribution in [1.82, 2.24) is 15.1 Å². The van der Waals surface area contributed by atoms with Gasteiger partial charge in [0.2, 0.25) is 0 Å². The van der Waals surface area contributed by atoms with E-state index in [1.54, 1.807) is 0 Å². The van der Waals surface area contributed by atoms with Gasteiger partial charge in [0.15, 0.2) is 0 Å². The van der Waals surface area contributed by atoms with Crippen molar-refractivity contribution in [2.45, 2.75) is 32.2 Å². The number of hydrogen-bond donors (Lipinski definition) is 1. The highest BCUT2D eigenvalue weighted by Gasteiger charge is 2.24. The molecule has 0 radical (unpaired) electrons. The maximum atomic E-state index is 5.90. The Morgan fingerprint density at radius 3 is 3.00 bits per heavy atom. The van der Waals surface area contributed by atoms with Gasteiger partial charge in [-0.05, 0) is 37.9 Å². The lowest BCUT2D eigenvalue weighted by atomic mass is 10.0. The highest BCUT2D eigenvalue weighted by molar-refractivity contribution is 5.82. The summed E-state index contributed by atoms with van der Waals surface area (Å²) >= 11 is 0. The fraction of sp³-hybridized carbons (Fsp3) is 0.471. The van der Waals surface area contributed by atoms with E-state index in [0.717, 1.165) is 49.4 Å². The van der Waals surface area contributed by atoms with Crippen LogP contribution in [-0.4, -0.2) is 22.9 Å². The van der Waals surface area contributed by atoms with Crippen LogP contribution >= 0.6 is 0 Å². The molecule has 0 bridgehead atoms. The van der Waals surface area contributed by atoms with Crippen molar-refractivity contribution in [3.63, 3.8) is 0 Å². The Balaban J connectivity index is 2.03. The highest BCUT2D eigenvalue weighted by Crippen LogP contribution is 2.30. The predicted octanol–water partition coefficient (Wildman–Crippen LogP) is 3.31. The molecule has 1 aliphatic rings. The number of fused-ring (bicyclic) bond motifs is 1. The van der Waals surface area contributed by atoms with Crippen molar-refractivity contribution >= 4 is 10.9 Å². The van der Waals surface area contributed by atoms with Gasteiger partial charge in [0.1, 0.15) is 11.8 Å². The molecule has 0 aliphatic carbocycles. The predicted molar refractivity (Wildman–Crippen MR) is 85.0 cm³/mol. The van der Waals surface area contributed by atoms with Crippen LogP contribution in [0.2, 0.25) is 0 Å². The molecule has 4 nitrogen and oxygen atoms in total. The quantitative estimate of drug-likeness (QED) is 0.916. The minimum atomic E-state index is 0.0522. The molecular weight excluding hydrogens is 262 g/mol. The molecule has 112 valence electrons. The van der Waals surface area contributed by atoms with Crippen LogP contribution in [0, 0.1) is 0 Å². The maximum Gasteiger partial charge on any atom is 0.115 e. The van der Waals surface area contributed by atoms with E-state index >= 15 is 0 Å². The van der Waals surface area contributed by atoms with Crippen LogP contribution in [0.5, 0.6) is 0 Å². The number of aryl methyl sites for hydroxylation is 1. The molecule has 1 atom stereocenters. The molecule has 0 fully saturated rings. The summed E-state index contributed by atoms with van der Waals surface area (Å²) in [7, 11) is 2.00. The van der Waals surface area contributed by atoms with Crippen molar-refractivity contribution in [2.75, 3.05) is 13.2 Å². The van der Waals surface area contributed by atoms with Gasteiger partial charge in [-0.1, -0.05) is 25.1 Å². The molecule has 1 aromatic heterocycles. The summed E-state index contributed by atoms with van der Waals surface area (Å²) in [5.74, 6) is 1.03. The summed E-state index contributed by atoms with van der Waals surface area (Å²) in [4.78, 5) is 0. The number of benzene rings is 1. The van der Waals surface area contributed by atoms with Gasteiger partial charge in [-0.2, -0.15) is 5.10 Å². The second-order valence-corrected chi connectivity index (χ2v) is 5.51. The Morgan fingerprint density at radius 1 is 1.38 bits per heavy atom. The summed E-state index contributed by atoms with van der Waals surface area (Å²) < 4.78 is 7.85. The van der Waals surface area contributed by atoms with E-state index in [2.05, 4.69) is 42.6 Å². The molecule has 0 saturated heterocycles. The van der Waals surface area contributed by atoms with Gasteiger partial charge in [-0.3, -0.25) is 4.68 Å². The average molecular weight is 285 g/mol. The van der Waals surface area contributed by atoms with Crippen molar-refractivity contribution in [2.24, 2.45) is 7.05 Å². The highest BCUT2D eigenvalue weighted by atomic mass is 16.5. The largest absolute Gasteiger partial charge is 0.496 e. The number of hydrogen-bond acceptors (Lipinski definition) is 3. The van der Waals surface area contributed by atoms with Crippen LogP contribution in [0.15, 0.2) is 36.1 Å². The third-order valence-electron chi connectivity index (χ3n) is 3.91. The number of nitrogens with zero attached hydrogens (tertiary/aromatic N) is 2. The van der Waals surface area contributed by atoms with E-state index in [1.165, 1.54) is 5.39 Å². The Hall–Kier alpha value is -1.81. The second kappa shape index (κ2) is 6.31. The summed E-state index contributed by atoms with van der Waals surface area (Å²) in [6, 6.07) is 8.43. The maximum absolute atomic E-state index is 5.90. The lowest BCUT2D eigenvalue weighted by Crippen LogP contribution is -2.27. The molecule has 1 aliphatic heterocycles. The van der Waals surface area contributed by atoms with Crippen LogP contribution in [0.4, 0.5) is 0 Å². The molecule has 4 heteroatoms. The molecule has 1 aromatic carbocycles. The first-order chi connectivity index (χ1) is 10.3. The topological polar surface area (TPSA) is 39.1 Å². The zero-order valence-corrected chi connectivity index (χ0v) is 12.8. The van der Waals surface area contributed by atoms with Crippen LogP contribution in [-0.2, 0) is 11.8 Å². The van der Waals surface area contributed by atoms with E-state index in [4.69, 9.17) is 9.84 Å². The van der Waals surface area contributed by atoms with E-state index < -0.39 is 0 Å². The van der Waals surface area contributed by atoms with Crippen LogP contribution in [0.3, 0.4) is 0 Å². The zero-order valence-electron chi connectivity index (χ0n) is 12.8. The molecule has 0 amide bonds. The van der Waals surface area contributed by atoms with Crippen molar-refractivity contribution < 1.29 is 4.74 Å².